The molecule has 0 aliphatic rings. The maximum Gasteiger partial charge on any atom is 0.0914 e. The SMILES string of the molecule is CC(C)(O)CNCC(O)c1ccc(Cl)cc1. The molecule has 0 aromatic heterocycles. The predicted octanol–water partition coefficient (Wildman–Crippen LogP) is 1.73. The highest BCUT2D eigenvalue weighted by atomic mass is 35.5. The minimum absolute atomic E-state index is 0.408. The number of aliphatic hydroxyl groups excluding tert-OH is 1. The van der Waals surface area contributed by atoms with Gasteiger partial charge in [0.25, 0.3) is 0 Å². The van der Waals surface area contributed by atoms with Gasteiger partial charge in [0.1, 0.15) is 0 Å². The summed E-state index contributed by atoms with van der Waals surface area (Å²) in [5.74, 6) is 0. The summed E-state index contributed by atoms with van der Waals surface area (Å²) in [5, 5.41) is 23.0. The zero-order chi connectivity index (χ0) is 12.2. The molecule has 0 bridgehead atoms. The van der Waals surface area contributed by atoms with Gasteiger partial charge in [-0.1, -0.05) is 23.7 Å². The third-order valence-corrected chi connectivity index (χ3v) is 2.40. The summed E-state index contributed by atoms with van der Waals surface area (Å²) in [4.78, 5) is 0. The highest BCUT2D eigenvalue weighted by Crippen LogP contribution is 2.15. The lowest BCUT2D eigenvalue weighted by Crippen LogP contribution is -2.36. The van der Waals surface area contributed by atoms with E-state index in [2.05, 4.69) is 5.32 Å². The summed E-state index contributed by atoms with van der Waals surface area (Å²) in [7, 11) is 0. The second-order valence-corrected chi connectivity index (χ2v) is 4.95. The summed E-state index contributed by atoms with van der Waals surface area (Å²) in [6, 6.07) is 7.07. The minimum atomic E-state index is -0.764. The maximum absolute atomic E-state index is 9.82. The van der Waals surface area contributed by atoms with Crippen molar-refractivity contribution in [3.8, 4) is 0 Å². The largest absolute Gasteiger partial charge is 0.389 e. The van der Waals surface area contributed by atoms with Crippen LogP contribution >= 0.6 is 11.6 Å². The van der Waals surface area contributed by atoms with Crippen molar-refractivity contribution in [3.63, 3.8) is 0 Å². The van der Waals surface area contributed by atoms with Crippen LogP contribution in [0, 0.1) is 0 Å². The van der Waals surface area contributed by atoms with Gasteiger partial charge < -0.3 is 15.5 Å². The van der Waals surface area contributed by atoms with Crippen LogP contribution in [0.15, 0.2) is 24.3 Å². The van der Waals surface area contributed by atoms with Crippen molar-refractivity contribution in [2.45, 2.75) is 25.6 Å². The number of rotatable bonds is 5. The van der Waals surface area contributed by atoms with E-state index in [1.165, 1.54) is 0 Å². The van der Waals surface area contributed by atoms with Gasteiger partial charge in [-0.05, 0) is 31.5 Å². The maximum atomic E-state index is 9.82. The van der Waals surface area contributed by atoms with Gasteiger partial charge in [0, 0.05) is 18.1 Å². The number of hydrogen-bond acceptors (Lipinski definition) is 3. The van der Waals surface area contributed by atoms with Crippen LogP contribution < -0.4 is 5.32 Å². The third-order valence-electron chi connectivity index (χ3n) is 2.15. The number of benzene rings is 1. The Morgan fingerprint density at radius 1 is 1.31 bits per heavy atom. The third kappa shape index (κ3) is 4.94. The highest BCUT2D eigenvalue weighted by molar-refractivity contribution is 6.30. The van der Waals surface area contributed by atoms with Gasteiger partial charge in [-0.3, -0.25) is 0 Å². The fraction of sp³-hybridized carbons (Fsp3) is 0.500. The smallest absolute Gasteiger partial charge is 0.0914 e. The topological polar surface area (TPSA) is 52.5 Å². The van der Waals surface area contributed by atoms with Gasteiger partial charge in [-0.2, -0.15) is 0 Å². The Kier molecular flexibility index (Phi) is 4.74. The standard InChI is InChI=1S/C12H18ClNO2/c1-12(2,16)8-14-7-11(15)9-3-5-10(13)6-4-9/h3-6,11,14-16H,7-8H2,1-2H3. The Morgan fingerprint density at radius 3 is 2.38 bits per heavy atom. The molecular formula is C12H18ClNO2. The van der Waals surface area contributed by atoms with Crippen LogP contribution in [0.3, 0.4) is 0 Å². The van der Waals surface area contributed by atoms with E-state index in [1.54, 1.807) is 38.1 Å². The number of aliphatic hydroxyl groups is 2. The summed E-state index contributed by atoms with van der Waals surface area (Å²) in [5.41, 5.74) is 0.0485. The van der Waals surface area contributed by atoms with Gasteiger partial charge >= 0.3 is 0 Å². The lowest BCUT2D eigenvalue weighted by Gasteiger charge is -2.19. The molecule has 3 nitrogen and oxygen atoms in total. The molecule has 0 aliphatic carbocycles. The van der Waals surface area contributed by atoms with Crippen molar-refractivity contribution < 1.29 is 10.2 Å². The molecule has 0 aliphatic heterocycles. The van der Waals surface area contributed by atoms with Crippen molar-refractivity contribution in [2.24, 2.45) is 0 Å². The molecule has 0 fully saturated rings. The first kappa shape index (κ1) is 13.5. The number of hydrogen-bond donors (Lipinski definition) is 3. The Labute approximate surface area is 101 Å². The highest BCUT2D eigenvalue weighted by Gasteiger charge is 2.13. The first-order valence-corrected chi connectivity index (χ1v) is 5.63. The van der Waals surface area contributed by atoms with E-state index in [9.17, 15) is 10.2 Å². The van der Waals surface area contributed by atoms with Crippen molar-refractivity contribution in [1.82, 2.24) is 5.32 Å². The van der Waals surface area contributed by atoms with E-state index in [4.69, 9.17) is 11.6 Å². The molecule has 16 heavy (non-hydrogen) atoms. The number of halogens is 1. The quantitative estimate of drug-likeness (QED) is 0.738. The molecular weight excluding hydrogens is 226 g/mol. The Hall–Kier alpha value is -0.610. The molecule has 0 saturated carbocycles. The van der Waals surface area contributed by atoms with Gasteiger partial charge in [0.2, 0.25) is 0 Å². The zero-order valence-electron chi connectivity index (χ0n) is 9.57. The van der Waals surface area contributed by atoms with Gasteiger partial charge in [-0.25, -0.2) is 0 Å². The molecule has 3 N–H and O–H groups in total. The van der Waals surface area contributed by atoms with Gasteiger partial charge in [0.05, 0.1) is 11.7 Å². The molecule has 1 atom stereocenters. The molecule has 1 aromatic rings. The van der Waals surface area contributed by atoms with Crippen LogP contribution in [-0.2, 0) is 0 Å². The number of nitrogens with one attached hydrogen (secondary N) is 1. The van der Waals surface area contributed by atoms with Gasteiger partial charge in [0.15, 0.2) is 0 Å². The zero-order valence-corrected chi connectivity index (χ0v) is 10.3. The van der Waals surface area contributed by atoms with E-state index in [0.717, 1.165) is 5.56 Å². The van der Waals surface area contributed by atoms with E-state index < -0.39 is 11.7 Å². The second-order valence-electron chi connectivity index (χ2n) is 4.51. The molecule has 0 heterocycles. The molecule has 0 amide bonds. The normalized spacial score (nSPS) is 13.8. The van der Waals surface area contributed by atoms with Crippen molar-refractivity contribution in [1.29, 1.82) is 0 Å². The average molecular weight is 244 g/mol. The molecule has 90 valence electrons. The van der Waals surface area contributed by atoms with Crippen LogP contribution in [-0.4, -0.2) is 28.9 Å². The van der Waals surface area contributed by atoms with Crippen LogP contribution in [0.25, 0.3) is 0 Å². The molecule has 0 radical (unpaired) electrons. The fourth-order valence-electron chi connectivity index (χ4n) is 1.32. The Balaban J connectivity index is 2.41. The second kappa shape index (κ2) is 5.64. The van der Waals surface area contributed by atoms with Crippen LogP contribution in [0.2, 0.25) is 5.02 Å². The molecule has 1 rings (SSSR count). The van der Waals surface area contributed by atoms with E-state index in [1.807, 2.05) is 0 Å². The van der Waals surface area contributed by atoms with Gasteiger partial charge in [-0.15, -0.1) is 0 Å². The Bertz CT molecular complexity index is 319. The minimum Gasteiger partial charge on any atom is -0.389 e. The lowest BCUT2D eigenvalue weighted by molar-refractivity contribution is 0.0740. The van der Waals surface area contributed by atoms with Crippen molar-refractivity contribution >= 4 is 11.6 Å². The van der Waals surface area contributed by atoms with E-state index >= 15 is 0 Å². The lowest BCUT2D eigenvalue weighted by atomic mass is 10.1. The van der Waals surface area contributed by atoms with Crippen LogP contribution in [0.5, 0.6) is 0 Å². The summed E-state index contributed by atoms with van der Waals surface area (Å²) < 4.78 is 0. The van der Waals surface area contributed by atoms with Crippen molar-refractivity contribution in [3.05, 3.63) is 34.9 Å². The molecule has 1 unspecified atom stereocenters. The van der Waals surface area contributed by atoms with Crippen LogP contribution in [0.1, 0.15) is 25.5 Å². The van der Waals surface area contributed by atoms with Crippen LogP contribution in [0.4, 0.5) is 0 Å². The molecule has 0 saturated heterocycles. The monoisotopic (exact) mass is 243 g/mol. The summed E-state index contributed by atoms with van der Waals surface area (Å²) >= 11 is 5.75. The first-order valence-electron chi connectivity index (χ1n) is 5.25. The Morgan fingerprint density at radius 2 is 1.88 bits per heavy atom. The summed E-state index contributed by atoms with van der Waals surface area (Å²) in [6.07, 6.45) is -0.584. The first-order chi connectivity index (χ1) is 7.38. The van der Waals surface area contributed by atoms with Crippen molar-refractivity contribution in [2.75, 3.05) is 13.1 Å². The molecule has 1 aromatic carbocycles. The molecule has 4 heteroatoms. The van der Waals surface area contributed by atoms with E-state index in [-0.39, 0.29) is 0 Å². The van der Waals surface area contributed by atoms with E-state index in [0.29, 0.717) is 18.1 Å². The molecule has 0 spiro atoms. The fourth-order valence-corrected chi connectivity index (χ4v) is 1.44. The average Bonchev–Trinajstić information content (AvgIpc) is 2.16. The predicted molar refractivity (Wildman–Crippen MR) is 65.6 cm³/mol. The summed E-state index contributed by atoms with van der Waals surface area (Å²) in [6.45, 7) is 4.28.